The van der Waals surface area contributed by atoms with E-state index in [9.17, 15) is 0 Å². The summed E-state index contributed by atoms with van der Waals surface area (Å²) < 4.78 is 4.87. The fourth-order valence-electron chi connectivity index (χ4n) is 0.329. The maximum atomic E-state index is 4.87. The van der Waals surface area contributed by atoms with Crippen LogP contribution in [0.4, 0.5) is 0 Å². The van der Waals surface area contributed by atoms with Crippen LogP contribution in [-0.2, 0) is 4.43 Å². The fraction of sp³-hybridized carbons (Fsp3) is 0.333. The Bertz CT molecular complexity index is 72.6. The minimum atomic E-state index is 0.333. The van der Waals surface area contributed by atoms with E-state index in [0.717, 1.165) is 0 Å². The third-order valence-corrected chi connectivity index (χ3v) is 1.74. The van der Waals surface area contributed by atoms with Crippen molar-refractivity contribution in [3.63, 3.8) is 0 Å². The smallest absolute Gasteiger partial charge is 0.240 e. The molecule has 0 rings (SSSR count). The van der Waals surface area contributed by atoms with E-state index in [1.165, 1.54) is 0 Å². The predicted molar refractivity (Wildman–Crippen MR) is 36.9 cm³/mol. The quantitative estimate of drug-likeness (QED) is 0.409. The second-order valence-electron chi connectivity index (χ2n) is 1.32. The van der Waals surface area contributed by atoms with Gasteiger partial charge in [0.05, 0.1) is 0 Å². The van der Waals surface area contributed by atoms with E-state index in [0.29, 0.717) is 15.3 Å². The highest BCUT2D eigenvalue weighted by atomic mass is 28.2. The van der Waals surface area contributed by atoms with Crippen LogP contribution in [-0.4, -0.2) is 16.9 Å². The topological polar surface area (TPSA) is 9.23 Å². The van der Waals surface area contributed by atoms with Crippen LogP contribution in [0.15, 0.2) is 25.3 Å². The Labute approximate surface area is 53.0 Å². The Kier molecular flexibility index (Phi) is 4.60. The van der Waals surface area contributed by atoms with Crippen molar-refractivity contribution >= 4 is 9.76 Å². The molecule has 0 saturated carbocycles. The number of hydrogen-bond donors (Lipinski definition) is 0. The molecule has 0 aromatic rings. The van der Waals surface area contributed by atoms with Gasteiger partial charge in [-0.1, -0.05) is 12.2 Å². The molecule has 0 aliphatic carbocycles. The van der Waals surface area contributed by atoms with Crippen LogP contribution in [0, 0.1) is 0 Å². The van der Waals surface area contributed by atoms with Crippen LogP contribution in [0.3, 0.4) is 0 Å². The lowest BCUT2D eigenvalue weighted by Gasteiger charge is -1.98. The molecule has 0 fully saturated rings. The molecule has 8 heavy (non-hydrogen) atoms. The fourth-order valence-corrected chi connectivity index (χ4v) is 0.793. The molecule has 44 valence electrons. The van der Waals surface area contributed by atoms with Crippen LogP contribution in [0.25, 0.3) is 0 Å². The minimum Gasteiger partial charge on any atom is -0.420 e. The zero-order valence-electron chi connectivity index (χ0n) is 5.05. The summed E-state index contributed by atoms with van der Waals surface area (Å²) in [6, 6.07) is 0. The van der Waals surface area contributed by atoms with Gasteiger partial charge >= 0.3 is 0 Å². The summed E-state index contributed by atoms with van der Waals surface area (Å²) in [4.78, 5) is 0. The molecule has 0 atom stereocenters. The summed E-state index contributed by atoms with van der Waals surface area (Å²) in [5, 5.41) is 0. The van der Waals surface area contributed by atoms with Gasteiger partial charge in [0.1, 0.15) is 0 Å². The van der Waals surface area contributed by atoms with Crippen molar-refractivity contribution in [1.82, 2.24) is 0 Å². The first-order chi connectivity index (χ1) is 3.85. The Morgan fingerprint density at radius 1 is 1.50 bits per heavy atom. The standard InChI is InChI=1S/C6H10OSi/c1-4-6(5-2)8-7-3/h4-6H,1-2H2,3H3. The van der Waals surface area contributed by atoms with Crippen molar-refractivity contribution in [2.24, 2.45) is 0 Å². The molecule has 0 spiro atoms. The van der Waals surface area contributed by atoms with Crippen molar-refractivity contribution < 1.29 is 4.43 Å². The molecule has 0 aromatic carbocycles. The summed E-state index contributed by atoms with van der Waals surface area (Å²) in [6.07, 6.45) is 3.66. The van der Waals surface area contributed by atoms with Crippen LogP contribution < -0.4 is 0 Å². The SMILES string of the molecule is C=CC(C=C)[Si]OC. The van der Waals surface area contributed by atoms with Gasteiger partial charge in [-0.05, 0) is 0 Å². The van der Waals surface area contributed by atoms with Crippen molar-refractivity contribution in [2.75, 3.05) is 7.11 Å². The first-order valence-electron chi connectivity index (χ1n) is 2.38. The van der Waals surface area contributed by atoms with Gasteiger partial charge in [-0.2, -0.15) is 0 Å². The molecule has 0 bridgehead atoms. The molecule has 0 aromatic heterocycles. The third-order valence-electron chi connectivity index (χ3n) is 0.762. The maximum Gasteiger partial charge on any atom is 0.240 e. The van der Waals surface area contributed by atoms with Crippen molar-refractivity contribution in [1.29, 1.82) is 0 Å². The van der Waals surface area contributed by atoms with Gasteiger partial charge in [0.2, 0.25) is 9.76 Å². The molecule has 0 amide bonds. The van der Waals surface area contributed by atoms with Gasteiger partial charge in [0.25, 0.3) is 0 Å². The zero-order valence-corrected chi connectivity index (χ0v) is 6.05. The van der Waals surface area contributed by atoms with E-state index >= 15 is 0 Å². The van der Waals surface area contributed by atoms with Crippen LogP contribution in [0.5, 0.6) is 0 Å². The van der Waals surface area contributed by atoms with Crippen molar-refractivity contribution in [2.45, 2.75) is 5.54 Å². The summed E-state index contributed by atoms with van der Waals surface area (Å²) in [6.45, 7) is 7.21. The summed E-state index contributed by atoms with van der Waals surface area (Å²) in [7, 11) is 2.15. The first kappa shape index (κ1) is 7.66. The minimum absolute atomic E-state index is 0.333. The summed E-state index contributed by atoms with van der Waals surface area (Å²) in [5.41, 5.74) is 0.333. The summed E-state index contributed by atoms with van der Waals surface area (Å²) >= 11 is 0. The molecule has 0 unspecified atom stereocenters. The normalized spacial score (nSPS) is 9.25. The monoisotopic (exact) mass is 126 g/mol. The molecule has 2 radical (unpaired) electrons. The molecular formula is C6H10OSi. The first-order valence-corrected chi connectivity index (χ1v) is 3.37. The number of rotatable bonds is 4. The van der Waals surface area contributed by atoms with E-state index in [2.05, 4.69) is 13.2 Å². The van der Waals surface area contributed by atoms with Crippen LogP contribution >= 0.6 is 0 Å². The second-order valence-corrected chi connectivity index (χ2v) is 2.63. The van der Waals surface area contributed by atoms with Gasteiger partial charge in [0.15, 0.2) is 0 Å². The number of allylic oxidation sites excluding steroid dienone is 2. The third kappa shape index (κ3) is 2.77. The van der Waals surface area contributed by atoms with E-state index < -0.39 is 0 Å². The Morgan fingerprint density at radius 3 is 2.12 bits per heavy atom. The van der Waals surface area contributed by atoms with Crippen LogP contribution in [0.2, 0.25) is 5.54 Å². The molecule has 0 heterocycles. The molecule has 0 saturated heterocycles. The number of hydrogen-bond acceptors (Lipinski definition) is 1. The highest BCUT2D eigenvalue weighted by Crippen LogP contribution is 2.03. The molecule has 2 heteroatoms. The summed E-state index contributed by atoms with van der Waals surface area (Å²) in [5.74, 6) is 0. The van der Waals surface area contributed by atoms with Gasteiger partial charge in [-0.3, -0.25) is 0 Å². The zero-order chi connectivity index (χ0) is 6.41. The lowest BCUT2D eigenvalue weighted by atomic mass is 10.4. The van der Waals surface area contributed by atoms with Gasteiger partial charge in [0, 0.05) is 12.7 Å². The van der Waals surface area contributed by atoms with E-state index in [1.807, 2.05) is 12.2 Å². The Morgan fingerprint density at radius 2 is 2.00 bits per heavy atom. The molecule has 0 aliphatic heterocycles. The lowest BCUT2D eigenvalue weighted by Crippen LogP contribution is -1.98. The molecule has 0 N–H and O–H groups in total. The van der Waals surface area contributed by atoms with Gasteiger partial charge in [-0.15, -0.1) is 13.2 Å². The molecular weight excluding hydrogens is 116 g/mol. The van der Waals surface area contributed by atoms with Crippen LogP contribution in [0.1, 0.15) is 0 Å². The maximum absolute atomic E-state index is 4.87. The highest BCUT2D eigenvalue weighted by molar-refractivity contribution is 6.31. The molecule has 1 nitrogen and oxygen atoms in total. The van der Waals surface area contributed by atoms with E-state index in [4.69, 9.17) is 4.43 Å². The molecule has 0 aliphatic rings. The van der Waals surface area contributed by atoms with Crippen molar-refractivity contribution in [3.8, 4) is 0 Å². The van der Waals surface area contributed by atoms with Gasteiger partial charge in [-0.25, -0.2) is 0 Å². The average molecular weight is 126 g/mol. The average Bonchev–Trinajstić information content (AvgIpc) is 1.83. The second kappa shape index (κ2) is 4.81. The van der Waals surface area contributed by atoms with Crippen molar-refractivity contribution in [3.05, 3.63) is 25.3 Å². The van der Waals surface area contributed by atoms with E-state index in [1.54, 1.807) is 7.11 Å². The predicted octanol–water partition coefficient (Wildman–Crippen LogP) is 1.41. The largest absolute Gasteiger partial charge is 0.420 e. The van der Waals surface area contributed by atoms with E-state index in [-0.39, 0.29) is 0 Å². The lowest BCUT2D eigenvalue weighted by molar-refractivity contribution is 0.439. The van der Waals surface area contributed by atoms with Gasteiger partial charge < -0.3 is 4.43 Å². The highest BCUT2D eigenvalue weighted by Gasteiger charge is 1.97. The Balaban J connectivity index is 3.35. The Hall–Kier alpha value is -0.343.